The third-order valence-electron chi connectivity index (χ3n) is 8.59. The number of ketones is 1. The number of hydrogen-bond acceptors (Lipinski definition) is 6. The first kappa shape index (κ1) is 25.2. The highest BCUT2D eigenvalue weighted by Gasteiger charge is 2.75. The Bertz CT molecular complexity index is 1510. The summed E-state index contributed by atoms with van der Waals surface area (Å²) in [5.74, 6) is -0.372. The predicted octanol–water partition coefficient (Wildman–Crippen LogP) is 5.18. The molecule has 39 heavy (non-hydrogen) atoms. The molecule has 0 spiro atoms. The number of fused-ring (bicyclic) bond motifs is 3. The van der Waals surface area contributed by atoms with Crippen LogP contribution in [0.5, 0.6) is 17.2 Å². The Morgan fingerprint density at radius 2 is 1.08 bits per heavy atom. The lowest BCUT2D eigenvalue weighted by atomic mass is 9.69. The third-order valence-corrected chi connectivity index (χ3v) is 8.59. The highest BCUT2D eigenvalue weighted by Crippen LogP contribution is 2.70. The van der Waals surface area contributed by atoms with Crippen LogP contribution < -0.4 is 14.2 Å². The molecule has 0 bridgehead atoms. The van der Waals surface area contributed by atoms with E-state index < -0.39 is 29.0 Å². The first-order valence-corrected chi connectivity index (χ1v) is 12.9. The maximum atomic E-state index is 14.2. The summed E-state index contributed by atoms with van der Waals surface area (Å²) in [6.45, 7) is 0. The highest BCUT2D eigenvalue weighted by molar-refractivity contribution is 6.05. The molecule has 0 amide bonds. The van der Waals surface area contributed by atoms with Crippen molar-refractivity contribution in [3.05, 3.63) is 125 Å². The summed E-state index contributed by atoms with van der Waals surface area (Å²) in [5, 5.41) is 26.0. The van der Waals surface area contributed by atoms with Gasteiger partial charge in [-0.05, 0) is 58.7 Å². The number of methoxy groups -OCH3 is 3. The highest BCUT2D eigenvalue weighted by atomic mass is 16.5. The van der Waals surface area contributed by atoms with E-state index in [0.717, 1.165) is 11.1 Å². The fourth-order valence-electron chi connectivity index (χ4n) is 6.83. The van der Waals surface area contributed by atoms with Crippen LogP contribution in [0.2, 0.25) is 0 Å². The van der Waals surface area contributed by atoms with E-state index in [0.29, 0.717) is 33.9 Å². The average molecular weight is 523 g/mol. The number of hydrogen-bond donors (Lipinski definition) is 2. The van der Waals surface area contributed by atoms with Crippen molar-refractivity contribution in [2.24, 2.45) is 5.92 Å². The zero-order valence-electron chi connectivity index (χ0n) is 22.0. The van der Waals surface area contributed by atoms with Gasteiger partial charge in [0, 0.05) is 17.4 Å². The van der Waals surface area contributed by atoms with Crippen molar-refractivity contribution in [2.75, 3.05) is 21.3 Å². The van der Waals surface area contributed by atoms with Crippen molar-refractivity contribution in [1.29, 1.82) is 0 Å². The lowest BCUT2D eigenvalue weighted by molar-refractivity contribution is -0.159. The van der Waals surface area contributed by atoms with E-state index in [9.17, 15) is 15.0 Å². The Labute approximate surface area is 227 Å². The molecule has 4 aromatic rings. The second-order valence-electron chi connectivity index (χ2n) is 10.2. The molecule has 0 aromatic heterocycles. The zero-order chi connectivity index (χ0) is 27.4. The molecule has 2 N–H and O–H groups in total. The normalized spacial score (nSPS) is 27.1. The molecule has 0 heterocycles. The van der Waals surface area contributed by atoms with Crippen LogP contribution >= 0.6 is 0 Å². The van der Waals surface area contributed by atoms with Gasteiger partial charge in [0.05, 0.1) is 27.2 Å². The predicted molar refractivity (Wildman–Crippen MR) is 147 cm³/mol. The Hall–Kier alpha value is -4.13. The Morgan fingerprint density at radius 3 is 1.62 bits per heavy atom. The summed E-state index contributed by atoms with van der Waals surface area (Å²) in [5.41, 5.74) is -0.794. The van der Waals surface area contributed by atoms with Crippen LogP contribution in [-0.4, -0.2) is 37.3 Å². The molecule has 0 radical (unpaired) electrons. The smallest absolute Gasteiger partial charge is 0.170 e. The minimum absolute atomic E-state index is 0.183. The Balaban J connectivity index is 1.67. The monoisotopic (exact) mass is 522 g/mol. The van der Waals surface area contributed by atoms with Gasteiger partial charge in [0.2, 0.25) is 0 Å². The topological polar surface area (TPSA) is 85.2 Å². The summed E-state index contributed by atoms with van der Waals surface area (Å²) < 4.78 is 16.2. The van der Waals surface area contributed by atoms with Crippen LogP contribution in [0.15, 0.2) is 97.1 Å². The molecule has 6 rings (SSSR count). The molecule has 198 valence electrons. The Morgan fingerprint density at radius 1 is 0.590 bits per heavy atom. The summed E-state index contributed by atoms with van der Waals surface area (Å²) >= 11 is 0. The summed E-state index contributed by atoms with van der Waals surface area (Å²) in [7, 11) is 4.78. The van der Waals surface area contributed by atoms with E-state index in [1.807, 2.05) is 48.5 Å². The van der Waals surface area contributed by atoms with E-state index >= 15 is 0 Å². The molecule has 0 saturated heterocycles. The number of carbonyl (C=O) groups is 1. The molecular formula is C33H30O6. The number of ether oxygens (including phenoxy) is 3. The van der Waals surface area contributed by atoms with Crippen molar-refractivity contribution in [3.63, 3.8) is 0 Å². The molecule has 1 fully saturated rings. The van der Waals surface area contributed by atoms with Gasteiger partial charge in [-0.3, -0.25) is 4.79 Å². The SMILES string of the molecule is COc1ccc([C@@H]2[C@@H]3C(=O)c4ccccc4[C@]3(O)[C@@](O)(c3ccc(OC)cc3)[C@H]2c2ccc(OC)cc2)cc1. The quantitative estimate of drug-likeness (QED) is 0.363. The summed E-state index contributed by atoms with van der Waals surface area (Å²) in [4.78, 5) is 14.2. The van der Waals surface area contributed by atoms with Crippen LogP contribution in [0.1, 0.15) is 44.4 Å². The number of benzene rings is 4. The third kappa shape index (κ3) is 3.45. The Kier molecular flexibility index (Phi) is 5.97. The lowest BCUT2D eigenvalue weighted by Crippen LogP contribution is -2.49. The molecule has 1 saturated carbocycles. The standard InChI is InChI=1S/C33H30O6/c1-37-23-14-8-20(9-15-23)28-29(21-10-16-24(38-2)17-11-21)32(35,22-12-18-25(39-3)19-13-22)33(36)27-7-5-4-6-26(27)31(34)30(28)33/h4-19,28-30,35-36H,1-3H3/t28-,29-,30+,32+,33+/m0/s1. The van der Waals surface area contributed by atoms with Crippen LogP contribution in [0.25, 0.3) is 0 Å². The van der Waals surface area contributed by atoms with Crippen LogP contribution in [-0.2, 0) is 11.2 Å². The lowest BCUT2D eigenvalue weighted by Gasteiger charge is -2.42. The fourth-order valence-corrected chi connectivity index (χ4v) is 6.83. The molecule has 2 aliphatic carbocycles. The largest absolute Gasteiger partial charge is 0.497 e. The van der Waals surface area contributed by atoms with Crippen LogP contribution in [0, 0.1) is 5.92 Å². The maximum absolute atomic E-state index is 14.2. The van der Waals surface area contributed by atoms with Gasteiger partial charge in [-0.15, -0.1) is 0 Å². The second kappa shape index (κ2) is 9.26. The van der Waals surface area contributed by atoms with Crippen molar-refractivity contribution < 1.29 is 29.2 Å². The van der Waals surface area contributed by atoms with Crippen molar-refractivity contribution in [3.8, 4) is 17.2 Å². The van der Waals surface area contributed by atoms with Crippen molar-refractivity contribution >= 4 is 5.78 Å². The molecule has 4 aromatic carbocycles. The van der Waals surface area contributed by atoms with Crippen molar-refractivity contribution in [2.45, 2.75) is 23.0 Å². The number of aliphatic hydroxyl groups is 2. The minimum Gasteiger partial charge on any atom is -0.497 e. The molecular weight excluding hydrogens is 492 g/mol. The van der Waals surface area contributed by atoms with Crippen LogP contribution in [0.3, 0.4) is 0 Å². The molecule has 5 atom stereocenters. The van der Waals surface area contributed by atoms with Gasteiger partial charge in [0.1, 0.15) is 28.5 Å². The van der Waals surface area contributed by atoms with Gasteiger partial charge in [0.25, 0.3) is 0 Å². The molecule has 0 aliphatic heterocycles. The summed E-state index contributed by atoms with van der Waals surface area (Å²) in [6.07, 6.45) is 0. The van der Waals surface area contributed by atoms with Crippen molar-refractivity contribution in [1.82, 2.24) is 0 Å². The minimum atomic E-state index is -1.90. The van der Waals surface area contributed by atoms with E-state index in [2.05, 4.69) is 0 Å². The van der Waals surface area contributed by atoms with E-state index in [4.69, 9.17) is 14.2 Å². The van der Waals surface area contributed by atoms with Gasteiger partial charge >= 0.3 is 0 Å². The number of rotatable bonds is 6. The average Bonchev–Trinajstić information content (AvgIpc) is 3.36. The molecule has 6 nitrogen and oxygen atoms in total. The fraction of sp³-hybridized carbons (Fsp3) is 0.242. The van der Waals surface area contributed by atoms with Gasteiger partial charge in [-0.1, -0.05) is 60.7 Å². The molecule has 0 unspecified atom stereocenters. The van der Waals surface area contributed by atoms with Crippen LogP contribution in [0.4, 0.5) is 0 Å². The summed E-state index contributed by atoms with van der Waals surface area (Å²) in [6, 6.07) is 29.1. The first-order chi connectivity index (χ1) is 18.9. The first-order valence-electron chi connectivity index (χ1n) is 12.9. The zero-order valence-corrected chi connectivity index (χ0v) is 22.0. The van der Waals surface area contributed by atoms with E-state index in [-0.39, 0.29) is 5.78 Å². The molecule has 6 heteroatoms. The second-order valence-corrected chi connectivity index (χ2v) is 10.2. The van der Waals surface area contributed by atoms with E-state index in [1.165, 1.54) is 0 Å². The van der Waals surface area contributed by atoms with Gasteiger partial charge in [-0.2, -0.15) is 0 Å². The number of Topliss-reactive ketones (excluding diaryl/α,β-unsaturated/α-hetero) is 1. The van der Waals surface area contributed by atoms with Gasteiger partial charge < -0.3 is 24.4 Å². The van der Waals surface area contributed by atoms with E-state index in [1.54, 1.807) is 69.9 Å². The number of carbonyl (C=O) groups excluding carboxylic acids is 1. The molecule has 2 aliphatic rings. The maximum Gasteiger partial charge on any atom is 0.170 e. The van der Waals surface area contributed by atoms with Gasteiger partial charge in [0.15, 0.2) is 5.78 Å². The van der Waals surface area contributed by atoms with Gasteiger partial charge in [-0.25, -0.2) is 0 Å².